The van der Waals surface area contributed by atoms with Gasteiger partial charge in [-0.25, -0.2) is 8.42 Å². The Balaban J connectivity index is 0.00000544. The molecule has 338 valence electrons. The summed E-state index contributed by atoms with van der Waals surface area (Å²) in [7, 11) is -5.32. The van der Waals surface area contributed by atoms with Gasteiger partial charge in [-0.3, -0.25) is 8.98 Å². The number of ether oxygens (including phenoxy) is 6. The molecule has 0 aromatic rings. The van der Waals surface area contributed by atoms with Crippen molar-refractivity contribution in [1.29, 1.82) is 0 Å². The molecule has 17 unspecified atom stereocenters. The molecule has 18 nitrogen and oxygen atoms in total. The summed E-state index contributed by atoms with van der Waals surface area (Å²) in [4.78, 5) is 14.2. The van der Waals surface area contributed by atoms with E-state index < -0.39 is 125 Å². The van der Waals surface area contributed by atoms with Crippen molar-refractivity contribution in [3.8, 4) is 0 Å². The molecular weight excluding hydrogens is 823 g/mol. The molecule has 0 amide bonds. The first kappa shape index (κ1) is 47.8. The van der Waals surface area contributed by atoms with Crippen LogP contribution in [0.1, 0.15) is 99.8 Å². The van der Waals surface area contributed by atoms with Crippen molar-refractivity contribution in [2.75, 3.05) is 6.61 Å². The van der Waals surface area contributed by atoms with Crippen LogP contribution in [0.4, 0.5) is 0 Å². The Kier molecular flexibility index (Phi) is 12.5. The zero-order valence-corrected chi connectivity index (χ0v) is 38.5. The van der Waals surface area contributed by atoms with E-state index in [4.69, 9.17) is 28.4 Å². The first-order chi connectivity index (χ1) is 27.2. The number of carbonyl (C=O) groups excluding carboxylic acids is 1. The molecule has 0 aromatic heterocycles. The summed E-state index contributed by atoms with van der Waals surface area (Å²) in [6, 6.07) is 0. The van der Waals surface area contributed by atoms with Crippen molar-refractivity contribution in [3.05, 3.63) is 0 Å². The first-order valence-electron chi connectivity index (χ1n) is 21.2. The maximum absolute atomic E-state index is 14.2. The Hall–Kier alpha value is -0.140. The third-order valence-corrected chi connectivity index (χ3v) is 17.6. The van der Waals surface area contributed by atoms with Gasteiger partial charge in [-0.2, -0.15) is 0 Å². The van der Waals surface area contributed by atoms with Crippen LogP contribution in [0, 0.1) is 45.3 Å². The zero-order chi connectivity index (χ0) is 43.2. The zero-order valence-electron chi connectivity index (χ0n) is 35.7. The number of esters is 1. The van der Waals surface area contributed by atoms with Gasteiger partial charge < -0.3 is 68.7 Å². The quantitative estimate of drug-likeness (QED) is 0.0420. The summed E-state index contributed by atoms with van der Waals surface area (Å²) in [5.74, 6) is -1.05. The van der Waals surface area contributed by atoms with E-state index >= 15 is 0 Å². The average molecular weight is 887 g/mol. The van der Waals surface area contributed by atoms with Crippen molar-refractivity contribution in [2.45, 2.75) is 191 Å². The van der Waals surface area contributed by atoms with E-state index in [-0.39, 0.29) is 70.9 Å². The number of hydrogen-bond acceptors (Lipinski definition) is 18. The molecule has 4 aliphatic heterocycles. The van der Waals surface area contributed by atoms with Crippen LogP contribution in [0.2, 0.25) is 0 Å². The van der Waals surface area contributed by atoms with Crippen LogP contribution in [-0.2, 0) is 47.8 Å². The number of aliphatic hydroxyl groups excluding tert-OH is 6. The maximum Gasteiger partial charge on any atom is 1.00 e. The van der Waals surface area contributed by atoms with Crippen LogP contribution in [0.5, 0.6) is 0 Å². The number of aliphatic hydroxyl groups is 7. The number of fused-ring (bicyclic) bond motifs is 5. The summed E-state index contributed by atoms with van der Waals surface area (Å²) in [6.07, 6.45) is -14.4. The molecule has 7 N–H and O–H groups in total. The normalized spacial score (nSPS) is 53.6. The first-order valence-corrected chi connectivity index (χ1v) is 22.5. The fourth-order valence-corrected chi connectivity index (χ4v) is 14.8. The molecule has 1 spiro atoms. The third kappa shape index (κ3) is 6.88. The van der Waals surface area contributed by atoms with Crippen molar-refractivity contribution in [2.24, 2.45) is 45.3 Å². The second-order valence-electron chi connectivity index (χ2n) is 20.7. The molecule has 60 heavy (non-hydrogen) atoms. The molecule has 4 heterocycles. The predicted octanol–water partition coefficient (Wildman–Crippen LogP) is -3.04. The molecule has 8 rings (SSSR count). The number of carbonyl (C=O) groups is 1. The van der Waals surface area contributed by atoms with Crippen LogP contribution in [-0.4, -0.2) is 152 Å². The van der Waals surface area contributed by atoms with E-state index in [9.17, 15) is 53.5 Å². The summed E-state index contributed by atoms with van der Waals surface area (Å²) in [6.45, 7) is 13.8. The van der Waals surface area contributed by atoms with E-state index in [1.807, 2.05) is 20.8 Å². The van der Waals surface area contributed by atoms with Gasteiger partial charge in [0.25, 0.3) is 0 Å². The predicted molar refractivity (Wildman–Crippen MR) is 198 cm³/mol. The van der Waals surface area contributed by atoms with Gasteiger partial charge in [0.2, 0.25) is 10.4 Å². The molecule has 4 saturated carbocycles. The number of rotatable bonds is 8. The second kappa shape index (κ2) is 15.7. The van der Waals surface area contributed by atoms with Gasteiger partial charge in [0.15, 0.2) is 18.9 Å². The minimum Gasteiger partial charge on any atom is -0.726 e. The van der Waals surface area contributed by atoms with Gasteiger partial charge in [-0.15, -0.1) is 0 Å². The van der Waals surface area contributed by atoms with Crippen LogP contribution in [0.25, 0.3) is 0 Å². The molecule has 21 atom stereocenters. The van der Waals surface area contributed by atoms with Crippen LogP contribution in [0.15, 0.2) is 0 Å². The Morgan fingerprint density at radius 3 is 2.17 bits per heavy atom. The molecule has 20 heteroatoms. The molecular formula is C40H63NaO18S. The largest absolute Gasteiger partial charge is 1.00 e. The van der Waals surface area contributed by atoms with Crippen LogP contribution in [0.3, 0.4) is 0 Å². The second-order valence-corrected chi connectivity index (χ2v) is 21.7. The van der Waals surface area contributed by atoms with Crippen molar-refractivity contribution >= 4 is 16.4 Å². The summed E-state index contributed by atoms with van der Waals surface area (Å²) in [5, 5.41) is 77.8. The SMILES string of the molecule is CC(C1CCC(C)(C)O1)[C@@]1(O)C2C[C@@]3(C)C4CCC5C(C)(C)C(OC6OCC(OS(=O)(=O)[O-])C(O)C6OC6OC(O)C(O)C(O)C6O)CC[C@]5(C)C4C[C@H](O)C13C(=O)O2.[Na+]. The Morgan fingerprint density at radius 2 is 1.53 bits per heavy atom. The minimum absolute atomic E-state index is 0. The van der Waals surface area contributed by atoms with Gasteiger partial charge in [0.05, 0.1) is 30.5 Å². The summed E-state index contributed by atoms with van der Waals surface area (Å²) < 4.78 is 75.0. The van der Waals surface area contributed by atoms with Gasteiger partial charge in [-0.1, -0.05) is 34.6 Å². The van der Waals surface area contributed by atoms with E-state index in [1.165, 1.54) is 0 Å². The molecule has 0 radical (unpaired) electrons. The maximum atomic E-state index is 14.2. The number of hydrogen-bond donors (Lipinski definition) is 7. The molecule has 8 fully saturated rings. The van der Waals surface area contributed by atoms with Gasteiger partial charge in [-0.05, 0) is 99.2 Å². The van der Waals surface area contributed by atoms with Crippen molar-refractivity contribution in [3.63, 3.8) is 0 Å². The fraction of sp³-hybridized carbons (Fsp3) is 0.975. The van der Waals surface area contributed by atoms with Gasteiger partial charge >= 0.3 is 35.5 Å². The van der Waals surface area contributed by atoms with Crippen molar-refractivity contribution < 1.29 is 116 Å². The standard InChI is InChI=1S/C40H64O18S.Na/c1-17(20-10-12-35(2,3)57-20)40(48)25-15-38(7)18-8-9-22-36(4,5)24(11-13-37(22,6)19(18)14-23(41)39(38,40)34(47)54-25)53-33-30(26(42)21(16-52-33)58-59(49,50)51)55-32-29(45)27(43)28(44)31(46)56-32;/h17-33,41-46,48H,8-16H2,1-7H3,(H,49,50,51);/q;+1/p-1/t17?,18?,19?,20?,21?,22?,23-,24?,25?,26?,27?,28?,29?,30?,31?,32?,33?,37+,38-,39?,40+;/m0./s1. The molecule has 2 bridgehead atoms. The Morgan fingerprint density at radius 1 is 0.850 bits per heavy atom. The topological polar surface area (TPSA) is 280 Å². The molecule has 4 saturated heterocycles. The summed E-state index contributed by atoms with van der Waals surface area (Å²) >= 11 is 0. The summed E-state index contributed by atoms with van der Waals surface area (Å²) in [5.41, 5.74) is -5.25. The van der Waals surface area contributed by atoms with Gasteiger partial charge in [0.1, 0.15) is 53.7 Å². The fourth-order valence-electron chi connectivity index (χ4n) is 14.3. The Labute approximate surface area is 373 Å². The van der Waals surface area contributed by atoms with Crippen molar-refractivity contribution in [1.82, 2.24) is 0 Å². The van der Waals surface area contributed by atoms with E-state index in [1.54, 1.807) is 0 Å². The van der Waals surface area contributed by atoms with Gasteiger partial charge in [0, 0.05) is 5.92 Å². The Bertz CT molecular complexity index is 1750. The average Bonchev–Trinajstić information content (AvgIpc) is 3.69. The van der Waals surface area contributed by atoms with E-state index in [0.717, 1.165) is 19.3 Å². The minimum atomic E-state index is -5.32. The van der Waals surface area contributed by atoms with Crippen LogP contribution >= 0.6 is 0 Å². The van der Waals surface area contributed by atoms with E-state index in [2.05, 4.69) is 31.9 Å². The monoisotopic (exact) mass is 886 g/mol. The third-order valence-electron chi connectivity index (χ3n) is 17.1. The molecule has 0 aromatic carbocycles. The molecule has 8 aliphatic rings. The smallest absolute Gasteiger partial charge is 0.726 e. The van der Waals surface area contributed by atoms with E-state index in [0.29, 0.717) is 25.7 Å². The van der Waals surface area contributed by atoms with Crippen LogP contribution < -0.4 is 29.6 Å². The molecule has 4 aliphatic carbocycles.